The van der Waals surface area contributed by atoms with Crippen molar-refractivity contribution in [3.8, 4) is 0 Å². The molecule has 5 heteroatoms. The van der Waals surface area contributed by atoms with Crippen LogP contribution < -0.4 is 15.3 Å². The Bertz CT molecular complexity index is 463. The number of nitrogens with one attached hydrogen (secondary N) is 2. The first kappa shape index (κ1) is 15.2. The first-order valence-corrected chi connectivity index (χ1v) is 6.20. The third-order valence-corrected chi connectivity index (χ3v) is 3.12. The third-order valence-electron chi connectivity index (χ3n) is 3.12. The van der Waals surface area contributed by atoms with E-state index in [1.54, 1.807) is 14.1 Å². The Morgan fingerprint density at radius 1 is 1.26 bits per heavy atom. The molecule has 1 rings (SSSR count). The molecule has 1 atom stereocenters. The average molecular weight is 264 g/mol. The summed E-state index contributed by atoms with van der Waals surface area (Å²) in [7, 11) is 3.37. The highest BCUT2D eigenvalue weighted by Gasteiger charge is 2.21. The Morgan fingerprint density at radius 2 is 1.79 bits per heavy atom. The van der Waals surface area contributed by atoms with E-state index in [-0.39, 0.29) is 12.3 Å². The minimum Gasteiger partial charge on any atom is -0.544 e. The van der Waals surface area contributed by atoms with Crippen molar-refractivity contribution in [1.29, 1.82) is 0 Å². The van der Waals surface area contributed by atoms with Crippen LogP contribution in [0.5, 0.6) is 0 Å². The number of carbonyl (C=O) groups excluding carboxylic acids is 2. The van der Waals surface area contributed by atoms with Crippen LogP contribution >= 0.6 is 0 Å². The van der Waals surface area contributed by atoms with Crippen LogP contribution in [0.15, 0.2) is 18.2 Å². The molecule has 0 aromatic heterocycles. The standard InChI is InChI=1S/C14H20N2O3/c1-9-6-5-7-10(2)13(9)15-12(17)8-11(14(18)19)16(3)4/h5-7,11H,8H2,1-4H3,(H,15,17)(H,18,19)/t11-/m0/s1. The molecule has 0 saturated carbocycles. The van der Waals surface area contributed by atoms with Crippen molar-refractivity contribution in [2.45, 2.75) is 26.3 Å². The third kappa shape index (κ3) is 4.06. The molecule has 0 bridgehead atoms. The fraction of sp³-hybridized carbons (Fsp3) is 0.429. The van der Waals surface area contributed by atoms with E-state index in [1.807, 2.05) is 32.0 Å². The summed E-state index contributed by atoms with van der Waals surface area (Å²) in [5.41, 5.74) is 2.66. The maximum atomic E-state index is 11.9. The van der Waals surface area contributed by atoms with Gasteiger partial charge in [-0.3, -0.25) is 4.79 Å². The van der Waals surface area contributed by atoms with Crippen LogP contribution in [0.25, 0.3) is 0 Å². The zero-order valence-corrected chi connectivity index (χ0v) is 11.7. The van der Waals surface area contributed by atoms with Gasteiger partial charge in [-0.2, -0.15) is 0 Å². The van der Waals surface area contributed by atoms with E-state index in [4.69, 9.17) is 0 Å². The second-order valence-corrected chi connectivity index (χ2v) is 4.97. The number of hydrogen-bond donors (Lipinski definition) is 2. The van der Waals surface area contributed by atoms with Gasteiger partial charge in [0.05, 0.1) is 26.5 Å². The van der Waals surface area contributed by atoms with E-state index in [1.165, 1.54) is 0 Å². The summed E-state index contributed by atoms with van der Waals surface area (Å²) in [5.74, 6) is -1.52. The first-order chi connectivity index (χ1) is 8.82. The molecule has 2 N–H and O–H groups in total. The smallest absolute Gasteiger partial charge is 0.230 e. The topological polar surface area (TPSA) is 73.7 Å². The van der Waals surface area contributed by atoms with Gasteiger partial charge >= 0.3 is 0 Å². The molecule has 19 heavy (non-hydrogen) atoms. The Kier molecular flexibility index (Phi) is 5.06. The van der Waals surface area contributed by atoms with Crippen molar-refractivity contribution < 1.29 is 19.6 Å². The van der Waals surface area contributed by atoms with Gasteiger partial charge in [0.15, 0.2) is 0 Å². The highest BCUT2D eigenvalue weighted by Crippen LogP contribution is 2.19. The summed E-state index contributed by atoms with van der Waals surface area (Å²) in [6.07, 6.45) is -0.0988. The molecule has 104 valence electrons. The van der Waals surface area contributed by atoms with Gasteiger partial charge in [-0.05, 0) is 25.0 Å². The van der Waals surface area contributed by atoms with E-state index in [9.17, 15) is 14.7 Å². The lowest BCUT2D eigenvalue weighted by molar-refractivity contribution is -0.878. The maximum Gasteiger partial charge on any atom is 0.230 e. The predicted molar refractivity (Wildman–Crippen MR) is 70.8 cm³/mol. The summed E-state index contributed by atoms with van der Waals surface area (Å²) in [5, 5.41) is 13.7. The summed E-state index contributed by atoms with van der Waals surface area (Å²) in [6, 6.07) is 4.87. The Balaban J connectivity index is 2.78. The number of para-hydroxylation sites is 1. The van der Waals surface area contributed by atoms with Crippen molar-refractivity contribution in [1.82, 2.24) is 0 Å². The minimum atomic E-state index is -1.21. The van der Waals surface area contributed by atoms with E-state index < -0.39 is 12.0 Å². The largest absolute Gasteiger partial charge is 0.544 e. The number of aryl methyl sites for hydroxylation is 2. The molecule has 1 amide bonds. The zero-order chi connectivity index (χ0) is 14.6. The zero-order valence-electron chi connectivity index (χ0n) is 11.7. The number of carbonyl (C=O) groups is 2. The summed E-state index contributed by atoms with van der Waals surface area (Å²) >= 11 is 0. The normalized spacial score (nSPS) is 12.3. The molecule has 0 aliphatic rings. The number of likely N-dealkylation sites (N-methyl/N-ethyl adjacent to an activating group) is 1. The monoisotopic (exact) mass is 264 g/mol. The molecule has 0 unspecified atom stereocenters. The van der Waals surface area contributed by atoms with Crippen molar-refractivity contribution in [3.05, 3.63) is 29.3 Å². The minimum absolute atomic E-state index is 0.0988. The van der Waals surface area contributed by atoms with Gasteiger partial charge < -0.3 is 20.1 Å². The van der Waals surface area contributed by atoms with E-state index >= 15 is 0 Å². The molecule has 0 spiro atoms. The van der Waals surface area contributed by atoms with Gasteiger partial charge in [-0.15, -0.1) is 0 Å². The lowest BCUT2D eigenvalue weighted by Crippen LogP contribution is -3.12. The molecule has 0 radical (unpaired) electrons. The number of rotatable bonds is 5. The number of hydrogen-bond acceptors (Lipinski definition) is 3. The number of amides is 1. The number of quaternary nitrogens is 1. The first-order valence-electron chi connectivity index (χ1n) is 6.20. The van der Waals surface area contributed by atoms with Crippen LogP contribution in [-0.4, -0.2) is 32.0 Å². The van der Waals surface area contributed by atoms with Crippen LogP contribution in [-0.2, 0) is 9.59 Å². The summed E-state index contributed by atoms with van der Waals surface area (Å²) in [6.45, 7) is 3.80. The van der Waals surface area contributed by atoms with Crippen LogP contribution in [0.1, 0.15) is 17.5 Å². The van der Waals surface area contributed by atoms with Crippen molar-refractivity contribution in [3.63, 3.8) is 0 Å². The highest BCUT2D eigenvalue weighted by atomic mass is 16.4. The van der Waals surface area contributed by atoms with Gasteiger partial charge in [-0.25, -0.2) is 0 Å². The Labute approximate surface area is 113 Å². The van der Waals surface area contributed by atoms with Crippen molar-refractivity contribution in [2.75, 3.05) is 19.4 Å². The van der Waals surface area contributed by atoms with E-state index in [0.29, 0.717) is 4.90 Å². The Hall–Kier alpha value is -1.88. The second-order valence-electron chi connectivity index (χ2n) is 4.97. The lowest BCUT2D eigenvalue weighted by atomic mass is 10.1. The number of carboxylic acids is 1. The average Bonchev–Trinajstić information content (AvgIpc) is 2.30. The second kappa shape index (κ2) is 6.33. The molecular formula is C14H20N2O3. The molecule has 1 aromatic rings. The van der Waals surface area contributed by atoms with Gasteiger partial charge in [0.2, 0.25) is 5.91 Å². The summed E-state index contributed by atoms with van der Waals surface area (Å²) in [4.78, 5) is 23.5. The van der Waals surface area contributed by atoms with Crippen molar-refractivity contribution in [2.24, 2.45) is 0 Å². The number of carboxylic acid groups (broad SMARTS) is 1. The Morgan fingerprint density at radius 3 is 2.21 bits per heavy atom. The molecule has 5 nitrogen and oxygen atoms in total. The number of anilines is 1. The fourth-order valence-corrected chi connectivity index (χ4v) is 1.91. The number of benzene rings is 1. The highest BCUT2D eigenvalue weighted by molar-refractivity contribution is 5.94. The number of aliphatic carboxylic acids is 1. The predicted octanol–water partition coefficient (Wildman–Crippen LogP) is -1.10. The van der Waals surface area contributed by atoms with Crippen LogP contribution in [0, 0.1) is 13.8 Å². The lowest BCUT2D eigenvalue weighted by Gasteiger charge is -2.22. The molecule has 1 aromatic carbocycles. The fourth-order valence-electron chi connectivity index (χ4n) is 1.91. The summed E-state index contributed by atoms with van der Waals surface area (Å²) < 4.78 is 0. The molecular weight excluding hydrogens is 244 g/mol. The van der Waals surface area contributed by atoms with Crippen LogP contribution in [0.3, 0.4) is 0 Å². The van der Waals surface area contributed by atoms with Gasteiger partial charge in [0.1, 0.15) is 6.04 Å². The van der Waals surface area contributed by atoms with Gasteiger partial charge in [0, 0.05) is 5.69 Å². The van der Waals surface area contributed by atoms with E-state index in [2.05, 4.69) is 5.32 Å². The SMILES string of the molecule is Cc1cccc(C)c1NC(=O)C[C@@H](C(=O)[O-])[NH+](C)C. The van der Waals surface area contributed by atoms with Crippen molar-refractivity contribution >= 4 is 17.6 Å². The molecule has 0 heterocycles. The molecule has 0 fully saturated rings. The van der Waals surface area contributed by atoms with E-state index in [0.717, 1.165) is 16.8 Å². The van der Waals surface area contributed by atoms with Crippen LogP contribution in [0.4, 0.5) is 5.69 Å². The molecule has 0 aliphatic carbocycles. The maximum absolute atomic E-state index is 11.9. The molecule has 0 saturated heterocycles. The van der Waals surface area contributed by atoms with Gasteiger partial charge in [-0.1, -0.05) is 18.2 Å². The van der Waals surface area contributed by atoms with Crippen LogP contribution in [0.2, 0.25) is 0 Å². The van der Waals surface area contributed by atoms with Gasteiger partial charge in [0.25, 0.3) is 0 Å². The quantitative estimate of drug-likeness (QED) is 0.708. The molecule has 0 aliphatic heterocycles.